The molecule has 1 aliphatic rings. The van der Waals surface area contributed by atoms with Crippen molar-refractivity contribution in [2.75, 3.05) is 19.0 Å². The van der Waals surface area contributed by atoms with Crippen LogP contribution in [0.1, 0.15) is 21.6 Å². The fourth-order valence-electron chi connectivity index (χ4n) is 3.03. The predicted octanol–water partition coefficient (Wildman–Crippen LogP) is 3.31. The van der Waals surface area contributed by atoms with Crippen molar-refractivity contribution in [3.63, 3.8) is 0 Å². The molecule has 0 saturated carbocycles. The second-order valence-electron chi connectivity index (χ2n) is 6.13. The summed E-state index contributed by atoms with van der Waals surface area (Å²) in [5.41, 5.74) is 2.89. The summed E-state index contributed by atoms with van der Waals surface area (Å²) in [5, 5.41) is 6.58. The van der Waals surface area contributed by atoms with Gasteiger partial charge in [-0.2, -0.15) is 0 Å². The average molecular weight is 367 g/mol. The molecule has 138 valence electrons. The molecule has 3 aromatic rings. The van der Waals surface area contributed by atoms with E-state index >= 15 is 0 Å². The van der Waals surface area contributed by atoms with Gasteiger partial charge in [-0.15, -0.1) is 0 Å². The van der Waals surface area contributed by atoms with Crippen LogP contribution in [0.4, 0.5) is 10.5 Å². The van der Waals surface area contributed by atoms with Gasteiger partial charge in [0.2, 0.25) is 5.76 Å². The third kappa shape index (κ3) is 3.41. The summed E-state index contributed by atoms with van der Waals surface area (Å²) in [5.74, 6) is 0.486. The summed E-state index contributed by atoms with van der Waals surface area (Å²) in [4.78, 5) is 25.8. The first-order chi connectivity index (χ1) is 13.1. The minimum absolute atomic E-state index is 0.148. The van der Waals surface area contributed by atoms with Crippen LogP contribution in [0.2, 0.25) is 0 Å². The predicted molar refractivity (Wildman–Crippen MR) is 95.1 cm³/mol. The second-order valence-corrected chi connectivity index (χ2v) is 6.13. The lowest BCUT2D eigenvalue weighted by Crippen LogP contribution is -2.35. The van der Waals surface area contributed by atoms with E-state index in [1.165, 1.54) is 19.4 Å². The van der Waals surface area contributed by atoms with Gasteiger partial charge in [-0.25, -0.2) is 4.79 Å². The van der Waals surface area contributed by atoms with Crippen LogP contribution in [0, 0.1) is 0 Å². The maximum Gasteiger partial charge on any atom is 0.409 e. The number of benzene rings is 1. The fourth-order valence-corrected chi connectivity index (χ4v) is 3.03. The van der Waals surface area contributed by atoms with Gasteiger partial charge in [0.1, 0.15) is 0 Å². The molecule has 0 saturated heterocycles. The van der Waals surface area contributed by atoms with Crippen LogP contribution in [-0.2, 0) is 17.7 Å². The molecule has 0 fully saturated rings. The monoisotopic (exact) mass is 367 g/mol. The zero-order valence-corrected chi connectivity index (χ0v) is 14.6. The van der Waals surface area contributed by atoms with E-state index < -0.39 is 5.91 Å². The van der Waals surface area contributed by atoms with Gasteiger partial charge in [0, 0.05) is 24.8 Å². The van der Waals surface area contributed by atoms with Crippen LogP contribution in [0.15, 0.2) is 51.6 Å². The molecular formula is C19H17N3O5. The minimum atomic E-state index is -0.392. The molecule has 4 rings (SSSR count). The van der Waals surface area contributed by atoms with E-state index in [-0.39, 0.29) is 11.8 Å². The van der Waals surface area contributed by atoms with E-state index in [0.717, 1.165) is 17.5 Å². The quantitative estimate of drug-likeness (QED) is 0.763. The molecule has 0 radical (unpaired) electrons. The number of nitrogens with one attached hydrogen (secondary N) is 1. The molecule has 8 heteroatoms. The number of hydrogen-bond acceptors (Lipinski definition) is 6. The topological polar surface area (TPSA) is 97.8 Å². The van der Waals surface area contributed by atoms with E-state index in [2.05, 4.69) is 10.5 Å². The summed E-state index contributed by atoms with van der Waals surface area (Å²) in [6.07, 6.45) is 1.90. The van der Waals surface area contributed by atoms with Crippen LogP contribution in [0.25, 0.3) is 11.5 Å². The zero-order chi connectivity index (χ0) is 18.8. The first kappa shape index (κ1) is 16.9. The van der Waals surface area contributed by atoms with Crippen molar-refractivity contribution in [2.45, 2.75) is 13.0 Å². The Balaban J connectivity index is 1.48. The number of carbonyl (C=O) groups excluding carboxylic acids is 2. The Kier molecular flexibility index (Phi) is 4.37. The molecule has 2 amide bonds. The number of methoxy groups -OCH3 is 1. The highest BCUT2D eigenvalue weighted by Crippen LogP contribution is 2.24. The fraction of sp³-hybridized carbons (Fsp3) is 0.211. The minimum Gasteiger partial charge on any atom is -0.461 e. The number of amides is 2. The molecule has 1 aromatic carbocycles. The molecule has 8 nitrogen and oxygen atoms in total. The van der Waals surface area contributed by atoms with Crippen LogP contribution < -0.4 is 5.32 Å². The highest BCUT2D eigenvalue weighted by atomic mass is 16.5. The summed E-state index contributed by atoms with van der Waals surface area (Å²) in [6.45, 7) is 1.05. The molecule has 0 unspecified atom stereocenters. The molecule has 1 N–H and O–H groups in total. The van der Waals surface area contributed by atoms with Gasteiger partial charge in [0.25, 0.3) is 5.91 Å². The number of fused-ring (bicyclic) bond motifs is 1. The van der Waals surface area contributed by atoms with E-state index in [0.29, 0.717) is 30.3 Å². The third-order valence-electron chi connectivity index (χ3n) is 4.42. The lowest BCUT2D eigenvalue weighted by atomic mass is 9.99. The molecular weight excluding hydrogens is 350 g/mol. The van der Waals surface area contributed by atoms with Crippen molar-refractivity contribution in [3.05, 3.63) is 59.5 Å². The molecule has 0 aliphatic carbocycles. The van der Waals surface area contributed by atoms with Crippen molar-refractivity contribution >= 4 is 17.7 Å². The average Bonchev–Trinajstić information content (AvgIpc) is 3.38. The SMILES string of the molecule is COC(=O)N1CCc2ccc(NC(=O)c3cc(-c4ccco4)on3)cc2C1. The van der Waals surface area contributed by atoms with Crippen LogP contribution in [-0.4, -0.2) is 35.7 Å². The molecule has 0 atom stereocenters. The number of ether oxygens (including phenoxy) is 1. The van der Waals surface area contributed by atoms with Crippen molar-refractivity contribution < 1.29 is 23.3 Å². The van der Waals surface area contributed by atoms with Gasteiger partial charge in [-0.05, 0) is 41.8 Å². The Morgan fingerprint density at radius 3 is 2.85 bits per heavy atom. The van der Waals surface area contributed by atoms with E-state index in [4.69, 9.17) is 13.7 Å². The lowest BCUT2D eigenvalue weighted by Gasteiger charge is -2.28. The lowest BCUT2D eigenvalue weighted by molar-refractivity contribution is 0.101. The standard InChI is InChI=1S/C19H17N3O5/c1-25-19(24)22-7-6-12-4-5-14(9-13(12)11-22)20-18(23)15-10-17(27-21-15)16-3-2-8-26-16/h2-5,8-10H,6-7,11H2,1H3,(H,20,23). The zero-order valence-electron chi connectivity index (χ0n) is 14.6. The van der Waals surface area contributed by atoms with E-state index in [1.807, 2.05) is 18.2 Å². The first-order valence-corrected chi connectivity index (χ1v) is 8.40. The summed E-state index contributed by atoms with van der Waals surface area (Å²) < 4.78 is 15.2. The van der Waals surface area contributed by atoms with E-state index in [1.54, 1.807) is 17.0 Å². The van der Waals surface area contributed by atoms with Gasteiger partial charge < -0.3 is 23.9 Å². The number of rotatable bonds is 3. The van der Waals surface area contributed by atoms with Crippen molar-refractivity contribution in [3.8, 4) is 11.5 Å². The maximum absolute atomic E-state index is 12.4. The highest BCUT2D eigenvalue weighted by Gasteiger charge is 2.22. The highest BCUT2D eigenvalue weighted by molar-refractivity contribution is 6.03. The number of furan rings is 1. The normalized spacial score (nSPS) is 13.1. The Labute approximate surface area is 154 Å². The summed E-state index contributed by atoms with van der Waals surface area (Å²) in [6, 6.07) is 10.6. The number of anilines is 1. The molecule has 2 aromatic heterocycles. The maximum atomic E-state index is 12.4. The van der Waals surface area contributed by atoms with Gasteiger partial charge in [0.15, 0.2) is 11.5 Å². The Hall–Kier alpha value is -3.55. The summed E-state index contributed by atoms with van der Waals surface area (Å²) in [7, 11) is 1.36. The second kappa shape index (κ2) is 6.99. The number of aromatic nitrogens is 1. The van der Waals surface area contributed by atoms with E-state index in [9.17, 15) is 9.59 Å². The van der Waals surface area contributed by atoms with Crippen molar-refractivity contribution in [2.24, 2.45) is 0 Å². The molecule has 3 heterocycles. The summed E-state index contributed by atoms with van der Waals surface area (Å²) >= 11 is 0. The van der Waals surface area contributed by atoms with Gasteiger partial charge in [-0.3, -0.25) is 4.79 Å². The van der Waals surface area contributed by atoms with Crippen LogP contribution >= 0.6 is 0 Å². The van der Waals surface area contributed by atoms with Crippen LogP contribution in [0.3, 0.4) is 0 Å². The third-order valence-corrected chi connectivity index (χ3v) is 4.42. The molecule has 0 spiro atoms. The first-order valence-electron chi connectivity index (χ1n) is 8.40. The molecule has 1 aliphatic heterocycles. The molecule has 0 bridgehead atoms. The van der Waals surface area contributed by atoms with Gasteiger partial charge in [-0.1, -0.05) is 11.2 Å². The smallest absolute Gasteiger partial charge is 0.409 e. The Morgan fingerprint density at radius 1 is 1.19 bits per heavy atom. The Bertz CT molecular complexity index is 977. The molecule has 27 heavy (non-hydrogen) atoms. The van der Waals surface area contributed by atoms with Crippen molar-refractivity contribution in [1.29, 1.82) is 0 Å². The number of nitrogens with zero attached hydrogens (tertiary/aromatic N) is 2. The van der Waals surface area contributed by atoms with Crippen LogP contribution in [0.5, 0.6) is 0 Å². The number of hydrogen-bond donors (Lipinski definition) is 1. The Morgan fingerprint density at radius 2 is 2.07 bits per heavy atom. The van der Waals surface area contributed by atoms with Gasteiger partial charge >= 0.3 is 6.09 Å². The van der Waals surface area contributed by atoms with Gasteiger partial charge in [0.05, 0.1) is 13.4 Å². The number of carbonyl (C=O) groups is 2. The largest absolute Gasteiger partial charge is 0.461 e. The van der Waals surface area contributed by atoms with Crippen molar-refractivity contribution in [1.82, 2.24) is 10.1 Å².